The van der Waals surface area contributed by atoms with Crippen LogP contribution in [0.25, 0.3) is 0 Å². The molecule has 0 aromatic heterocycles. The second-order valence-electron chi connectivity index (χ2n) is 5.53. The number of ether oxygens (including phenoxy) is 2. The number of nitrogens with zero attached hydrogens (tertiary/aromatic N) is 1. The highest BCUT2D eigenvalue weighted by Crippen LogP contribution is 2.18. The molecule has 0 aromatic carbocycles. The minimum atomic E-state index is -0.622. The second kappa shape index (κ2) is 7.63. The van der Waals surface area contributed by atoms with Gasteiger partial charge in [-0.3, -0.25) is 4.79 Å². The van der Waals surface area contributed by atoms with Gasteiger partial charge in [-0.25, -0.2) is 0 Å². The summed E-state index contributed by atoms with van der Waals surface area (Å²) in [6.07, 6.45) is 9.88. The van der Waals surface area contributed by atoms with Gasteiger partial charge in [0.05, 0.1) is 18.2 Å². The van der Waals surface area contributed by atoms with Gasteiger partial charge in [0.1, 0.15) is 0 Å². The van der Waals surface area contributed by atoms with Crippen molar-refractivity contribution in [3.8, 4) is 12.3 Å². The van der Waals surface area contributed by atoms with E-state index >= 15 is 0 Å². The van der Waals surface area contributed by atoms with Crippen LogP contribution in [-0.2, 0) is 14.3 Å². The normalized spacial score (nSPS) is 27.2. The average Bonchev–Trinajstić information content (AvgIpc) is 3.10. The first-order chi connectivity index (χ1) is 9.70. The van der Waals surface area contributed by atoms with E-state index < -0.39 is 6.04 Å². The van der Waals surface area contributed by atoms with E-state index in [1.165, 1.54) is 0 Å². The highest BCUT2D eigenvalue weighted by atomic mass is 16.5. The Hall–Kier alpha value is -1.09. The second-order valence-corrected chi connectivity index (χ2v) is 5.53. The summed E-state index contributed by atoms with van der Waals surface area (Å²) in [7, 11) is 0. The first kappa shape index (κ1) is 15.3. The van der Waals surface area contributed by atoms with Crippen LogP contribution < -0.4 is 5.73 Å². The van der Waals surface area contributed by atoms with Crippen LogP contribution in [0.3, 0.4) is 0 Å². The average molecular weight is 280 g/mol. The number of rotatable bonds is 6. The molecule has 2 heterocycles. The molecule has 5 heteroatoms. The van der Waals surface area contributed by atoms with Crippen molar-refractivity contribution in [3.63, 3.8) is 0 Å². The van der Waals surface area contributed by atoms with Gasteiger partial charge in [0.15, 0.2) is 0 Å². The van der Waals surface area contributed by atoms with Crippen molar-refractivity contribution in [3.05, 3.63) is 0 Å². The Bertz CT molecular complexity index is 337. The predicted octanol–water partition coefficient (Wildman–Crippen LogP) is 0.524. The standard InChI is InChI=1S/C15H24N2O3/c1-2-5-14(16)15(18)17(10-12-6-3-8-19-12)11-13-7-4-9-20-13/h1,12-14H,3-11,16H2. The van der Waals surface area contributed by atoms with Gasteiger partial charge < -0.3 is 20.1 Å². The maximum absolute atomic E-state index is 12.4. The van der Waals surface area contributed by atoms with Crippen LogP contribution in [0.15, 0.2) is 0 Å². The summed E-state index contributed by atoms with van der Waals surface area (Å²) in [4.78, 5) is 14.2. The van der Waals surface area contributed by atoms with Crippen molar-refractivity contribution in [2.75, 3.05) is 26.3 Å². The predicted molar refractivity (Wildman–Crippen MR) is 76.0 cm³/mol. The van der Waals surface area contributed by atoms with E-state index in [0.717, 1.165) is 38.9 Å². The molecular formula is C15H24N2O3. The minimum absolute atomic E-state index is 0.0889. The van der Waals surface area contributed by atoms with Crippen molar-refractivity contribution in [2.24, 2.45) is 5.73 Å². The summed E-state index contributed by atoms with van der Waals surface area (Å²) in [5, 5.41) is 0. The fourth-order valence-electron chi connectivity index (χ4n) is 2.77. The largest absolute Gasteiger partial charge is 0.376 e. The summed E-state index contributed by atoms with van der Waals surface area (Å²) >= 11 is 0. The Morgan fingerprint density at radius 1 is 1.25 bits per heavy atom. The quantitative estimate of drug-likeness (QED) is 0.721. The van der Waals surface area contributed by atoms with Crippen molar-refractivity contribution in [2.45, 2.75) is 50.4 Å². The van der Waals surface area contributed by atoms with Crippen molar-refractivity contribution in [1.82, 2.24) is 4.90 Å². The number of amides is 1. The molecule has 0 aromatic rings. The van der Waals surface area contributed by atoms with Gasteiger partial charge in [-0.15, -0.1) is 12.3 Å². The van der Waals surface area contributed by atoms with E-state index in [9.17, 15) is 4.79 Å². The molecule has 2 rings (SSSR count). The molecule has 2 aliphatic heterocycles. The van der Waals surface area contributed by atoms with E-state index in [2.05, 4.69) is 5.92 Å². The molecular weight excluding hydrogens is 256 g/mol. The van der Waals surface area contributed by atoms with Gasteiger partial charge in [-0.2, -0.15) is 0 Å². The van der Waals surface area contributed by atoms with E-state index in [-0.39, 0.29) is 24.5 Å². The monoisotopic (exact) mass is 280 g/mol. The molecule has 2 saturated heterocycles. The molecule has 3 atom stereocenters. The van der Waals surface area contributed by atoms with Crippen molar-refractivity contribution in [1.29, 1.82) is 0 Å². The first-order valence-electron chi connectivity index (χ1n) is 7.41. The topological polar surface area (TPSA) is 64.8 Å². The molecule has 2 fully saturated rings. The Morgan fingerprint density at radius 3 is 2.20 bits per heavy atom. The molecule has 3 unspecified atom stereocenters. The van der Waals surface area contributed by atoms with E-state index in [1.54, 1.807) is 4.90 Å². The van der Waals surface area contributed by atoms with E-state index in [4.69, 9.17) is 21.6 Å². The third-order valence-corrected chi connectivity index (χ3v) is 3.86. The Labute approximate surface area is 120 Å². The van der Waals surface area contributed by atoms with Crippen LogP contribution in [0, 0.1) is 12.3 Å². The molecule has 0 bridgehead atoms. The van der Waals surface area contributed by atoms with Crippen molar-refractivity contribution >= 4 is 5.91 Å². The number of carbonyl (C=O) groups excluding carboxylic acids is 1. The van der Waals surface area contributed by atoms with Gasteiger partial charge in [-0.05, 0) is 25.7 Å². The third-order valence-electron chi connectivity index (χ3n) is 3.86. The lowest BCUT2D eigenvalue weighted by Gasteiger charge is -2.29. The highest BCUT2D eigenvalue weighted by Gasteiger charge is 2.29. The fraction of sp³-hybridized carbons (Fsp3) is 0.800. The van der Waals surface area contributed by atoms with Gasteiger partial charge in [0, 0.05) is 32.7 Å². The lowest BCUT2D eigenvalue weighted by Crippen LogP contribution is -2.49. The highest BCUT2D eigenvalue weighted by molar-refractivity contribution is 5.82. The summed E-state index contributed by atoms with van der Waals surface area (Å²) in [5.41, 5.74) is 5.86. The van der Waals surface area contributed by atoms with Crippen LogP contribution in [0.5, 0.6) is 0 Å². The SMILES string of the molecule is C#CCC(N)C(=O)N(CC1CCCO1)CC1CCCO1. The van der Waals surface area contributed by atoms with Crippen LogP contribution in [0.1, 0.15) is 32.1 Å². The lowest BCUT2D eigenvalue weighted by molar-refractivity contribution is -0.135. The number of hydrogen-bond acceptors (Lipinski definition) is 4. The summed E-state index contributed by atoms with van der Waals surface area (Å²) in [6, 6.07) is -0.622. The lowest BCUT2D eigenvalue weighted by atomic mass is 10.1. The molecule has 2 aliphatic rings. The van der Waals surface area contributed by atoms with Gasteiger partial charge in [0.25, 0.3) is 0 Å². The van der Waals surface area contributed by atoms with Gasteiger partial charge in [0.2, 0.25) is 5.91 Å². The molecule has 0 saturated carbocycles. The number of nitrogens with two attached hydrogens (primary N) is 1. The first-order valence-corrected chi connectivity index (χ1v) is 7.41. The van der Waals surface area contributed by atoms with Gasteiger partial charge >= 0.3 is 0 Å². The van der Waals surface area contributed by atoms with Crippen LogP contribution in [0.2, 0.25) is 0 Å². The molecule has 1 amide bonds. The maximum Gasteiger partial charge on any atom is 0.240 e. The number of carbonyl (C=O) groups is 1. The molecule has 5 nitrogen and oxygen atoms in total. The fourth-order valence-corrected chi connectivity index (χ4v) is 2.77. The van der Waals surface area contributed by atoms with Crippen LogP contribution in [-0.4, -0.2) is 55.4 Å². The zero-order chi connectivity index (χ0) is 14.4. The smallest absolute Gasteiger partial charge is 0.240 e. The third kappa shape index (κ3) is 4.20. The molecule has 0 spiro atoms. The van der Waals surface area contributed by atoms with E-state index in [1.807, 2.05) is 0 Å². The van der Waals surface area contributed by atoms with Crippen molar-refractivity contribution < 1.29 is 14.3 Å². The number of terminal acetylenes is 1. The Balaban J connectivity index is 1.93. The molecule has 112 valence electrons. The Morgan fingerprint density at radius 2 is 1.80 bits per heavy atom. The van der Waals surface area contributed by atoms with E-state index in [0.29, 0.717) is 13.1 Å². The molecule has 0 aliphatic carbocycles. The number of hydrogen-bond donors (Lipinski definition) is 1. The minimum Gasteiger partial charge on any atom is -0.376 e. The summed E-state index contributed by atoms with van der Waals surface area (Å²) in [6.45, 7) is 2.75. The van der Waals surface area contributed by atoms with Crippen LogP contribution in [0.4, 0.5) is 0 Å². The Kier molecular flexibility index (Phi) is 5.84. The maximum atomic E-state index is 12.4. The molecule has 2 N–H and O–H groups in total. The summed E-state index contributed by atoms with van der Waals surface area (Å²) in [5.74, 6) is 2.37. The molecule has 20 heavy (non-hydrogen) atoms. The molecule has 0 radical (unpaired) electrons. The zero-order valence-electron chi connectivity index (χ0n) is 11.9. The van der Waals surface area contributed by atoms with Crippen LogP contribution >= 0.6 is 0 Å². The van der Waals surface area contributed by atoms with Gasteiger partial charge in [-0.1, -0.05) is 0 Å². The summed E-state index contributed by atoms with van der Waals surface area (Å²) < 4.78 is 11.2. The zero-order valence-corrected chi connectivity index (χ0v) is 11.9.